The van der Waals surface area contributed by atoms with Crippen LogP contribution in [0, 0.1) is 12.3 Å². The van der Waals surface area contributed by atoms with E-state index in [2.05, 4.69) is 15.6 Å². The van der Waals surface area contributed by atoms with Gasteiger partial charge in [0.2, 0.25) is 5.91 Å². The Morgan fingerprint density at radius 2 is 2.44 bits per heavy atom. The molecule has 0 aromatic carbocycles. The Bertz CT molecular complexity index is 428. The lowest BCUT2D eigenvalue weighted by Crippen LogP contribution is -2.42. The molecule has 1 saturated heterocycles. The standard InChI is InChI=1S/C13H19N3O2/c1-10-4-3-5-11(15-10)16-12(17)13(9-18-2)6-7-14-8-13/h3-5,14H,6-9H2,1-2H3,(H,15,16,17). The van der Waals surface area contributed by atoms with Gasteiger partial charge in [-0.15, -0.1) is 0 Å². The number of pyridine rings is 1. The van der Waals surface area contributed by atoms with E-state index in [0.29, 0.717) is 19.0 Å². The Labute approximate surface area is 107 Å². The summed E-state index contributed by atoms with van der Waals surface area (Å²) in [6.07, 6.45) is 0.790. The number of anilines is 1. The Morgan fingerprint density at radius 3 is 3.06 bits per heavy atom. The van der Waals surface area contributed by atoms with E-state index in [4.69, 9.17) is 4.74 Å². The first-order valence-corrected chi connectivity index (χ1v) is 6.11. The van der Waals surface area contributed by atoms with Gasteiger partial charge in [-0.3, -0.25) is 4.79 Å². The fourth-order valence-electron chi connectivity index (χ4n) is 2.26. The van der Waals surface area contributed by atoms with Crippen LogP contribution in [0.5, 0.6) is 0 Å². The molecule has 18 heavy (non-hydrogen) atoms. The first kappa shape index (κ1) is 13.0. The summed E-state index contributed by atoms with van der Waals surface area (Å²) in [5.74, 6) is 0.579. The average molecular weight is 249 g/mol. The number of aryl methyl sites for hydroxylation is 1. The van der Waals surface area contributed by atoms with Gasteiger partial charge in [0, 0.05) is 19.3 Å². The molecule has 1 aromatic rings. The van der Waals surface area contributed by atoms with Crippen LogP contribution in [-0.2, 0) is 9.53 Å². The van der Waals surface area contributed by atoms with Crippen LogP contribution >= 0.6 is 0 Å². The Morgan fingerprint density at radius 1 is 1.61 bits per heavy atom. The van der Waals surface area contributed by atoms with E-state index in [1.807, 2.05) is 19.1 Å². The highest BCUT2D eigenvalue weighted by Crippen LogP contribution is 2.27. The Balaban J connectivity index is 2.10. The number of hydrogen-bond donors (Lipinski definition) is 2. The van der Waals surface area contributed by atoms with Gasteiger partial charge in [-0.25, -0.2) is 4.98 Å². The fraction of sp³-hybridized carbons (Fsp3) is 0.538. The zero-order valence-electron chi connectivity index (χ0n) is 10.8. The molecule has 1 fully saturated rings. The van der Waals surface area contributed by atoms with Gasteiger partial charge in [-0.1, -0.05) is 6.07 Å². The second-order valence-electron chi connectivity index (χ2n) is 4.76. The quantitative estimate of drug-likeness (QED) is 0.834. The molecule has 5 heteroatoms. The molecule has 0 radical (unpaired) electrons. The largest absolute Gasteiger partial charge is 0.384 e. The molecule has 0 saturated carbocycles. The summed E-state index contributed by atoms with van der Waals surface area (Å²) in [4.78, 5) is 16.6. The fourth-order valence-corrected chi connectivity index (χ4v) is 2.26. The number of ether oxygens (including phenoxy) is 1. The van der Waals surface area contributed by atoms with Crippen LogP contribution in [0.15, 0.2) is 18.2 Å². The molecule has 1 amide bonds. The lowest BCUT2D eigenvalue weighted by Gasteiger charge is -2.25. The molecule has 2 N–H and O–H groups in total. The molecule has 0 bridgehead atoms. The molecule has 2 heterocycles. The van der Waals surface area contributed by atoms with Gasteiger partial charge in [-0.05, 0) is 32.0 Å². The third-order valence-electron chi connectivity index (χ3n) is 3.28. The molecule has 0 spiro atoms. The molecule has 98 valence electrons. The van der Waals surface area contributed by atoms with Gasteiger partial charge >= 0.3 is 0 Å². The molecule has 1 atom stereocenters. The van der Waals surface area contributed by atoms with Gasteiger partial charge in [-0.2, -0.15) is 0 Å². The number of methoxy groups -OCH3 is 1. The summed E-state index contributed by atoms with van der Waals surface area (Å²) >= 11 is 0. The predicted octanol–water partition coefficient (Wildman–Crippen LogP) is 0.955. The van der Waals surface area contributed by atoms with Crippen LogP contribution in [0.2, 0.25) is 0 Å². The summed E-state index contributed by atoms with van der Waals surface area (Å²) in [5.41, 5.74) is 0.415. The molecular weight excluding hydrogens is 230 g/mol. The number of rotatable bonds is 4. The van der Waals surface area contributed by atoms with Gasteiger partial charge in [0.25, 0.3) is 0 Å². The Kier molecular flexibility index (Phi) is 3.93. The van der Waals surface area contributed by atoms with Crippen LogP contribution in [0.3, 0.4) is 0 Å². The van der Waals surface area contributed by atoms with Crippen LogP contribution < -0.4 is 10.6 Å². The summed E-state index contributed by atoms with van der Waals surface area (Å²) in [7, 11) is 1.62. The first-order valence-electron chi connectivity index (χ1n) is 6.11. The van der Waals surface area contributed by atoms with E-state index in [1.54, 1.807) is 13.2 Å². The maximum Gasteiger partial charge on any atom is 0.235 e. The lowest BCUT2D eigenvalue weighted by atomic mass is 9.87. The van der Waals surface area contributed by atoms with Crippen molar-refractivity contribution in [3.8, 4) is 0 Å². The molecule has 2 rings (SSSR count). The second kappa shape index (κ2) is 5.46. The van der Waals surface area contributed by atoms with Gasteiger partial charge in [0.1, 0.15) is 5.82 Å². The van der Waals surface area contributed by atoms with Crippen molar-refractivity contribution < 1.29 is 9.53 Å². The molecule has 1 aliphatic heterocycles. The van der Waals surface area contributed by atoms with Crippen molar-refractivity contribution in [3.63, 3.8) is 0 Å². The monoisotopic (exact) mass is 249 g/mol. The summed E-state index contributed by atoms with van der Waals surface area (Å²) in [6.45, 7) is 3.83. The van der Waals surface area contributed by atoms with E-state index in [9.17, 15) is 4.79 Å². The van der Waals surface area contributed by atoms with E-state index < -0.39 is 5.41 Å². The maximum absolute atomic E-state index is 12.4. The van der Waals surface area contributed by atoms with Crippen molar-refractivity contribution in [3.05, 3.63) is 23.9 Å². The van der Waals surface area contributed by atoms with E-state index in [1.165, 1.54) is 0 Å². The zero-order valence-corrected chi connectivity index (χ0v) is 10.8. The number of nitrogens with one attached hydrogen (secondary N) is 2. The average Bonchev–Trinajstić information content (AvgIpc) is 2.79. The van der Waals surface area contributed by atoms with Crippen molar-refractivity contribution >= 4 is 11.7 Å². The number of aromatic nitrogens is 1. The number of amides is 1. The maximum atomic E-state index is 12.4. The smallest absolute Gasteiger partial charge is 0.235 e. The topological polar surface area (TPSA) is 63.2 Å². The van der Waals surface area contributed by atoms with E-state index >= 15 is 0 Å². The third-order valence-corrected chi connectivity index (χ3v) is 3.28. The van der Waals surface area contributed by atoms with Crippen LogP contribution in [0.25, 0.3) is 0 Å². The minimum absolute atomic E-state index is 0.0209. The minimum Gasteiger partial charge on any atom is -0.384 e. The van der Waals surface area contributed by atoms with Crippen molar-refractivity contribution in [1.29, 1.82) is 0 Å². The van der Waals surface area contributed by atoms with Crippen molar-refractivity contribution in [2.45, 2.75) is 13.3 Å². The lowest BCUT2D eigenvalue weighted by molar-refractivity contribution is -0.127. The molecule has 0 aliphatic carbocycles. The number of hydrogen-bond acceptors (Lipinski definition) is 4. The highest BCUT2D eigenvalue weighted by atomic mass is 16.5. The van der Waals surface area contributed by atoms with Gasteiger partial charge < -0.3 is 15.4 Å². The third kappa shape index (κ3) is 2.68. The van der Waals surface area contributed by atoms with Crippen LogP contribution in [-0.4, -0.2) is 37.7 Å². The number of carbonyl (C=O) groups is 1. The normalized spacial score (nSPS) is 23.0. The Hall–Kier alpha value is -1.46. The highest BCUT2D eigenvalue weighted by molar-refractivity contribution is 5.95. The summed E-state index contributed by atoms with van der Waals surface area (Å²) < 4.78 is 5.19. The van der Waals surface area contributed by atoms with E-state index in [0.717, 1.165) is 18.7 Å². The SMILES string of the molecule is COCC1(C(=O)Nc2cccc(C)n2)CCNC1. The van der Waals surface area contributed by atoms with Crippen molar-refractivity contribution in [2.24, 2.45) is 5.41 Å². The highest BCUT2D eigenvalue weighted by Gasteiger charge is 2.41. The number of nitrogens with zero attached hydrogens (tertiary/aromatic N) is 1. The molecule has 5 nitrogen and oxygen atoms in total. The zero-order chi connectivity index (χ0) is 13.0. The molecule has 1 unspecified atom stereocenters. The first-order chi connectivity index (χ1) is 8.66. The molecule has 1 aliphatic rings. The van der Waals surface area contributed by atoms with Gasteiger partial charge in [0.05, 0.1) is 12.0 Å². The minimum atomic E-state index is -0.472. The second-order valence-corrected chi connectivity index (χ2v) is 4.76. The van der Waals surface area contributed by atoms with Crippen molar-refractivity contribution in [2.75, 3.05) is 32.1 Å². The number of carbonyl (C=O) groups excluding carboxylic acids is 1. The summed E-state index contributed by atoms with van der Waals surface area (Å²) in [6, 6.07) is 5.58. The van der Waals surface area contributed by atoms with Crippen LogP contribution in [0.4, 0.5) is 5.82 Å². The van der Waals surface area contributed by atoms with Crippen molar-refractivity contribution in [1.82, 2.24) is 10.3 Å². The molecule has 1 aromatic heterocycles. The summed E-state index contributed by atoms with van der Waals surface area (Å²) in [5, 5.41) is 6.10. The predicted molar refractivity (Wildman–Crippen MR) is 69.4 cm³/mol. The molecular formula is C13H19N3O2. The van der Waals surface area contributed by atoms with Gasteiger partial charge in [0.15, 0.2) is 0 Å². The van der Waals surface area contributed by atoms with E-state index in [-0.39, 0.29) is 5.91 Å². The van der Waals surface area contributed by atoms with Crippen LogP contribution in [0.1, 0.15) is 12.1 Å².